The number of ether oxygens (including phenoxy) is 1. The minimum atomic E-state index is -0.689. The number of esters is 1. The first-order valence-corrected chi connectivity index (χ1v) is 10.9. The van der Waals surface area contributed by atoms with Crippen molar-refractivity contribution in [2.75, 3.05) is 6.26 Å². The van der Waals surface area contributed by atoms with E-state index in [1.54, 1.807) is 0 Å². The molecule has 27 heavy (non-hydrogen) atoms. The zero-order chi connectivity index (χ0) is 19.4. The molecule has 3 rings (SSSR count). The lowest BCUT2D eigenvalue weighted by Crippen LogP contribution is -2.32. The van der Waals surface area contributed by atoms with Crippen LogP contribution < -0.4 is 5.56 Å². The van der Waals surface area contributed by atoms with E-state index >= 15 is 0 Å². The summed E-state index contributed by atoms with van der Waals surface area (Å²) in [4.78, 5) is 32.3. The Labute approximate surface area is 166 Å². The highest BCUT2D eigenvalue weighted by molar-refractivity contribution is 7.98. The van der Waals surface area contributed by atoms with Gasteiger partial charge in [0, 0.05) is 4.88 Å². The summed E-state index contributed by atoms with van der Waals surface area (Å²) >= 11 is 2.90. The monoisotopic (exact) mass is 402 g/mol. The topological polar surface area (TPSA) is 61.2 Å². The van der Waals surface area contributed by atoms with E-state index in [2.05, 4.69) is 11.9 Å². The zero-order valence-electron chi connectivity index (χ0n) is 15.6. The van der Waals surface area contributed by atoms with E-state index in [-0.39, 0.29) is 12.2 Å². The molecule has 0 aliphatic heterocycles. The van der Waals surface area contributed by atoms with Crippen molar-refractivity contribution in [3.8, 4) is 0 Å². The molecule has 0 bridgehead atoms. The molecule has 7 heteroatoms. The van der Waals surface area contributed by atoms with Gasteiger partial charge >= 0.3 is 5.97 Å². The summed E-state index contributed by atoms with van der Waals surface area (Å²) in [6, 6.07) is 10.7. The highest BCUT2D eigenvalue weighted by Crippen LogP contribution is 2.27. The molecule has 0 amide bonds. The summed E-state index contributed by atoms with van der Waals surface area (Å²) in [7, 11) is 0. The minimum absolute atomic E-state index is 0.177. The van der Waals surface area contributed by atoms with Crippen molar-refractivity contribution < 1.29 is 9.53 Å². The van der Waals surface area contributed by atoms with Crippen LogP contribution in [0.25, 0.3) is 10.2 Å². The Morgan fingerprint density at radius 2 is 2.04 bits per heavy atom. The van der Waals surface area contributed by atoms with Crippen molar-refractivity contribution >= 4 is 39.3 Å². The number of carbonyl (C=O) groups is 1. The van der Waals surface area contributed by atoms with Crippen LogP contribution in [-0.4, -0.2) is 21.8 Å². The standard InChI is InChI=1S/C20H22N2O3S2/c1-4-14-11-15-17(27-14)21-20(26-3)22(18(15)23)16(5-2)19(24)25-12-13-9-7-6-8-10-13/h6-11,16H,4-5,12H2,1-3H3. The van der Waals surface area contributed by atoms with Gasteiger partial charge in [-0.15, -0.1) is 11.3 Å². The first kappa shape index (κ1) is 19.6. The van der Waals surface area contributed by atoms with Gasteiger partial charge in [0.1, 0.15) is 17.5 Å². The molecule has 0 N–H and O–H groups in total. The highest BCUT2D eigenvalue weighted by Gasteiger charge is 2.26. The number of hydrogen-bond donors (Lipinski definition) is 0. The summed E-state index contributed by atoms with van der Waals surface area (Å²) in [5.74, 6) is -0.411. The fourth-order valence-corrected chi connectivity index (χ4v) is 4.50. The number of carbonyl (C=O) groups excluding carboxylic acids is 1. The molecular formula is C20H22N2O3S2. The van der Waals surface area contributed by atoms with E-state index in [9.17, 15) is 9.59 Å². The number of aromatic nitrogens is 2. The third-order valence-corrected chi connectivity index (χ3v) is 6.17. The Hall–Kier alpha value is -2.12. The second-order valence-electron chi connectivity index (χ2n) is 6.08. The number of fused-ring (bicyclic) bond motifs is 1. The highest BCUT2D eigenvalue weighted by atomic mass is 32.2. The molecule has 1 aromatic carbocycles. The lowest BCUT2D eigenvalue weighted by atomic mass is 10.2. The Morgan fingerprint density at radius 3 is 2.67 bits per heavy atom. The normalized spacial score (nSPS) is 12.3. The Morgan fingerprint density at radius 1 is 1.30 bits per heavy atom. The Kier molecular flexibility index (Phi) is 6.34. The van der Waals surface area contributed by atoms with Crippen LogP contribution in [0.4, 0.5) is 0 Å². The number of hydrogen-bond acceptors (Lipinski definition) is 6. The van der Waals surface area contributed by atoms with Gasteiger partial charge in [0.2, 0.25) is 0 Å². The third kappa shape index (κ3) is 4.09. The number of aryl methyl sites for hydroxylation is 1. The molecule has 3 aromatic rings. The maximum Gasteiger partial charge on any atom is 0.329 e. The molecule has 2 heterocycles. The average molecular weight is 403 g/mol. The molecule has 142 valence electrons. The second-order valence-corrected chi connectivity index (χ2v) is 7.96. The molecule has 0 saturated heterocycles. The van der Waals surface area contributed by atoms with Crippen LogP contribution in [0.15, 0.2) is 46.3 Å². The van der Waals surface area contributed by atoms with Crippen molar-refractivity contribution in [1.29, 1.82) is 0 Å². The number of nitrogens with zero attached hydrogens (tertiary/aromatic N) is 2. The van der Waals surface area contributed by atoms with Crippen LogP contribution in [-0.2, 0) is 22.6 Å². The number of thiophene rings is 1. The minimum Gasteiger partial charge on any atom is -0.459 e. The molecule has 0 spiro atoms. The number of thioether (sulfide) groups is 1. The molecule has 0 fully saturated rings. The van der Waals surface area contributed by atoms with E-state index in [1.165, 1.54) is 27.7 Å². The van der Waals surface area contributed by atoms with Gasteiger partial charge in [-0.1, -0.05) is 55.9 Å². The Balaban J connectivity index is 1.96. The largest absolute Gasteiger partial charge is 0.459 e. The van der Waals surface area contributed by atoms with Crippen molar-refractivity contribution in [3.63, 3.8) is 0 Å². The van der Waals surface area contributed by atoms with Gasteiger partial charge in [-0.2, -0.15) is 0 Å². The van der Waals surface area contributed by atoms with Gasteiger partial charge < -0.3 is 4.74 Å². The number of benzene rings is 1. The summed E-state index contributed by atoms with van der Waals surface area (Å²) in [5.41, 5.74) is 0.737. The lowest BCUT2D eigenvalue weighted by molar-refractivity contribution is -0.149. The quantitative estimate of drug-likeness (QED) is 0.332. The van der Waals surface area contributed by atoms with E-state index in [4.69, 9.17) is 4.74 Å². The summed E-state index contributed by atoms with van der Waals surface area (Å²) in [6.45, 7) is 4.11. The maximum atomic E-state index is 13.1. The molecule has 1 unspecified atom stereocenters. The van der Waals surface area contributed by atoms with Crippen LogP contribution in [0.2, 0.25) is 0 Å². The fraction of sp³-hybridized carbons (Fsp3) is 0.350. The first-order chi connectivity index (χ1) is 13.1. The van der Waals surface area contributed by atoms with Gasteiger partial charge in [0.15, 0.2) is 5.16 Å². The predicted octanol–water partition coefficient (Wildman–Crippen LogP) is 4.44. The van der Waals surface area contributed by atoms with Crippen LogP contribution >= 0.6 is 23.1 Å². The SMILES string of the molecule is CCc1cc2c(=O)n(C(CC)C(=O)OCc3ccccc3)c(SC)nc2s1. The van der Waals surface area contributed by atoms with Crippen LogP contribution in [0.5, 0.6) is 0 Å². The van der Waals surface area contributed by atoms with Gasteiger partial charge in [-0.3, -0.25) is 9.36 Å². The van der Waals surface area contributed by atoms with Crippen molar-refractivity contribution in [2.45, 2.75) is 44.5 Å². The summed E-state index contributed by atoms with van der Waals surface area (Å²) in [5, 5.41) is 1.12. The van der Waals surface area contributed by atoms with Crippen LogP contribution in [0.1, 0.15) is 36.8 Å². The zero-order valence-corrected chi connectivity index (χ0v) is 17.2. The van der Waals surface area contributed by atoms with Gasteiger partial charge in [0.25, 0.3) is 5.56 Å². The lowest BCUT2D eigenvalue weighted by Gasteiger charge is -2.19. The number of rotatable bonds is 7. The second kappa shape index (κ2) is 8.71. The van der Waals surface area contributed by atoms with Gasteiger partial charge in [0.05, 0.1) is 5.39 Å². The first-order valence-electron chi connectivity index (χ1n) is 8.88. The van der Waals surface area contributed by atoms with Gasteiger partial charge in [-0.25, -0.2) is 9.78 Å². The Bertz CT molecular complexity index is 996. The van der Waals surface area contributed by atoms with Crippen molar-refractivity contribution in [3.05, 3.63) is 57.2 Å². The molecular weight excluding hydrogens is 380 g/mol. The van der Waals surface area contributed by atoms with E-state index in [0.717, 1.165) is 21.7 Å². The summed E-state index contributed by atoms with van der Waals surface area (Å²) in [6.07, 6.45) is 3.17. The molecule has 0 radical (unpaired) electrons. The molecule has 1 atom stereocenters. The average Bonchev–Trinajstić information content (AvgIpc) is 3.12. The maximum absolute atomic E-state index is 13.1. The fourth-order valence-electron chi connectivity index (χ4n) is 2.90. The van der Waals surface area contributed by atoms with Crippen LogP contribution in [0.3, 0.4) is 0 Å². The predicted molar refractivity (Wildman–Crippen MR) is 111 cm³/mol. The summed E-state index contributed by atoms with van der Waals surface area (Å²) < 4.78 is 6.99. The van der Waals surface area contributed by atoms with E-state index < -0.39 is 12.0 Å². The molecule has 5 nitrogen and oxygen atoms in total. The smallest absolute Gasteiger partial charge is 0.329 e. The van der Waals surface area contributed by atoms with Crippen LogP contribution in [0, 0.1) is 0 Å². The molecule has 0 saturated carbocycles. The molecule has 0 aliphatic rings. The molecule has 2 aromatic heterocycles. The van der Waals surface area contributed by atoms with E-state index in [1.807, 2.05) is 49.6 Å². The third-order valence-electron chi connectivity index (χ3n) is 4.34. The van der Waals surface area contributed by atoms with E-state index in [0.29, 0.717) is 17.0 Å². The van der Waals surface area contributed by atoms with Crippen molar-refractivity contribution in [2.24, 2.45) is 0 Å². The van der Waals surface area contributed by atoms with Crippen molar-refractivity contribution in [1.82, 2.24) is 9.55 Å². The van der Waals surface area contributed by atoms with Gasteiger partial charge in [-0.05, 0) is 30.7 Å². The molecule has 0 aliphatic carbocycles.